The molecule has 3 rings (SSSR count). The second-order valence-electron chi connectivity index (χ2n) is 4.24. The van der Waals surface area contributed by atoms with Crippen molar-refractivity contribution in [1.29, 1.82) is 5.26 Å². The smallest absolute Gasteiger partial charge is 0.223 e. The minimum atomic E-state index is 0.258. The van der Waals surface area contributed by atoms with Crippen LogP contribution in [0.4, 0.5) is 11.8 Å². The van der Waals surface area contributed by atoms with Crippen LogP contribution in [0.2, 0.25) is 0 Å². The van der Waals surface area contributed by atoms with Crippen LogP contribution in [0, 0.1) is 11.3 Å². The number of benzene rings is 1. The molecule has 5 nitrogen and oxygen atoms in total. The highest BCUT2D eigenvalue weighted by molar-refractivity contribution is 7.16. The third-order valence-corrected chi connectivity index (χ3v) is 3.67. The van der Waals surface area contributed by atoms with E-state index in [1.54, 1.807) is 6.07 Å². The molecule has 1 aromatic carbocycles. The lowest BCUT2D eigenvalue weighted by Crippen LogP contribution is -2.04. The first-order chi connectivity index (χ1) is 9.76. The van der Waals surface area contributed by atoms with Gasteiger partial charge in [-0.1, -0.05) is 12.1 Å². The Kier molecular flexibility index (Phi) is 3.19. The molecule has 0 unspecified atom stereocenters. The highest BCUT2D eigenvalue weighted by atomic mass is 32.1. The third-order valence-electron chi connectivity index (χ3n) is 2.86. The van der Waals surface area contributed by atoms with Gasteiger partial charge < -0.3 is 11.1 Å². The number of rotatable bonds is 3. The lowest BCUT2D eigenvalue weighted by atomic mass is 10.1. The van der Waals surface area contributed by atoms with Crippen molar-refractivity contribution in [2.24, 2.45) is 0 Å². The summed E-state index contributed by atoms with van der Waals surface area (Å²) in [6.07, 6.45) is 0. The monoisotopic (exact) mass is 281 g/mol. The highest BCUT2D eigenvalue weighted by Gasteiger charge is 2.07. The summed E-state index contributed by atoms with van der Waals surface area (Å²) in [5, 5.41) is 15.1. The molecular weight excluding hydrogens is 270 g/mol. The number of nitrogens with two attached hydrogens (primary N) is 1. The van der Waals surface area contributed by atoms with E-state index in [1.165, 1.54) is 11.3 Å². The Balaban J connectivity index is 1.86. The molecule has 0 bridgehead atoms. The average Bonchev–Trinajstić information content (AvgIpc) is 2.93. The Morgan fingerprint density at radius 2 is 2.20 bits per heavy atom. The number of nitrogen functional groups attached to an aromatic ring is 1. The molecule has 20 heavy (non-hydrogen) atoms. The maximum Gasteiger partial charge on any atom is 0.223 e. The van der Waals surface area contributed by atoms with Crippen molar-refractivity contribution < 1.29 is 0 Å². The summed E-state index contributed by atoms with van der Waals surface area (Å²) in [6.45, 7) is 0.580. The molecule has 0 atom stereocenters. The van der Waals surface area contributed by atoms with E-state index in [9.17, 15) is 0 Å². The Labute approximate surface area is 119 Å². The van der Waals surface area contributed by atoms with E-state index >= 15 is 0 Å². The van der Waals surface area contributed by atoms with Crippen LogP contribution >= 0.6 is 11.3 Å². The van der Waals surface area contributed by atoms with Crippen molar-refractivity contribution >= 4 is 33.3 Å². The first-order valence-electron chi connectivity index (χ1n) is 6.00. The fourth-order valence-electron chi connectivity index (χ4n) is 1.94. The maximum absolute atomic E-state index is 8.89. The van der Waals surface area contributed by atoms with Crippen molar-refractivity contribution in [2.75, 3.05) is 11.1 Å². The zero-order valence-electron chi connectivity index (χ0n) is 10.5. The molecule has 6 heteroatoms. The number of fused-ring (bicyclic) bond motifs is 1. The Morgan fingerprint density at radius 3 is 3.05 bits per heavy atom. The van der Waals surface area contributed by atoms with Gasteiger partial charge in [0.15, 0.2) is 0 Å². The van der Waals surface area contributed by atoms with E-state index in [0.717, 1.165) is 21.6 Å². The number of hydrogen-bond donors (Lipinski definition) is 2. The Morgan fingerprint density at radius 1 is 1.30 bits per heavy atom. The molecule has 0 aliphatic rings. The van der Waals surface area contributed by atoms with Gasteiger partial charge in [0.2, 0.25) is 5.95 Å². The normalized spacial score (nSPS) is 10.3. The summed E-state index contributed by atoms with van der Waals surface area (Å²) < 4.78 is 0. The lowest BCUT2D eigenvalue weighted by Gasteiger charge is -2.07. The van der Waals surface area contributed by atoms with E-state index in [4.69, 9.17) is 11.0 Å². The summed E-state index contributed by atoms with van der Waals surface area (Å²) in [6, 6.07) is 11.6. The van der Waals surface area contributed by atoms with Gasteiger partial charge in [0, 0.05) is 6.54 Å². The Hall–Kier alpha value is -2.65. The summed E-state index contributed by atoms with van der Waals surface area (Å²) in [5.41, 5.74) is 7.36. The van der Waals surface area contributed by atoms with Crippen LogP contribution in [-0.4, -0.2) is 9.97 Å². The fourth-order valence-corrected chi connectivity index (χ4v) is 2.71. The Bertz CT molecular complexity index is 803. The average molecular weight is 281 g/mol. The number of nitriles is 1. The minimum absolute atomic E-state index is 0.258. The van der Waals surface area contributed by atoms with E-state index in [-0.39, 0.29) is 5.95 Å². The number of nitrogens with one attached hydrogen (secondary N) is 1. The number of anilines is 2. The molecule has 2 heterocycles. The van der Waals surface area contributed by atoms with Gasteiger partial charge in [0.25, 0.3) is 0 Å². The molecule has 0 spiro atoms. The van der Waals surface area contributed by atoms with Gasteiger partial charge in [0.05, 0.1) is 17.0 Å². The van der Waals surface area contributed by atoms with Crippen molar-refractivity contribution in [2.45, 2.75) is 6.54 Å². The molecule has 0 radical (unpaired) electrons. The van der Waals surface area contributed by atoms with Crippen LogP contribution < -0.4 is 11.1 Å². The molecule has 98 valence electrons. The first-order valence-corrected chi connectivity index (χ1v) is 6.88. The van der Waals surface area contributed by atoms with E-state index in [0.29, 0.717) is 12.1 Å². The van der Waals surface area contributed by atoms with Gasteiger partial charge in [-0.05, 0) is 29.1 Å². The van der Waals surface area contributed by atoms with Crippen molar-refractivity contribution in [3.8, 4) is 6.07 Å². The summed E-state index contributed by atoms with van der Waals surface area (Å²) >= 11 is 1.53. The van der Waals surface area contributed by atoms with Gasteiger partial charge in [0.1, 0.15) is 10.6 Å². The molecule has 3 aromatic rings. The zero-order chi connectivity index (χ0) is 13.9. The fraction of sp³-hybridized carbons (Fsp3) is 0.0714. The number of thiophene rings is 1. The molecule has 3 N–H and O–H groups in total. The van der Waals surface area contributed by atoms with Crippen molar-refractivity contribution in [3.05, 3.63) is 46.8 Å². The predicted octanol–water partition coefficient (Wildman–Crippen LogP) is 2.76. The largest absolute Gasteiger partial charge is 0.368 e. The second kappa shape index (κ2) is 5.15. The van der Waals surface area contributed by atoms with Crippen LogP contribution in [0.1, 0.15) is 11.1 Å². The first kappa shape index (κ1) is 12.4. The van der Waals surface area contributed by atoms with Gasteiger partial charge in [-0.15, -0.1) is 11.3 Å². The summed E-state index contributed by atoms with van der Waals surface area (Å²) in [5.74, 6) is 0.976. The van der Waals surface area contributed by atoms with E-state index in [2.05, 4.69) is 21.4 Å². The molecule has 0 saturated carbocycles. The van der Waals surface area contributed by atoms with Crippen LogP contribution in [0.15, 0.2) is 35.7 Å². The topological polar surface area (TPSA) is 87.6 Å². The van der Waals surface area contributed by atoms with E-state index < -0.39 is 0 Å². The number of aromatic nitrogens is 2. The summed E-state index contributed by atoms with van der Waals surface area (Å²) in [4.78, 5) is 9.28. The molecule has 0 amide bonds. The minimum Gasteiger partial charge on any atom is -0.368 e. The van der Waals surface area contributed by atoms with Crippen LogP contribution in [0.25, 0.3) is 10.2 Å². The highest BCUT2D eigenvalue weighted by Crippen LogP contribution is 2.26. The maximum atomic E-state index is 8.89. The number of nitrogens with zero attached hydrogens (tertiary/aromatic N) is 3. The quantitative estimate of drug-likeness (QED) is 0.770. The lowest BCUT2D eigenvalue weighted by molar-refractivity contribution is 1.11. The van der Waals surface area contributed by atoms with Gasteiger partial charge in [-0.25, -0.2) is 4.98 Å². The molecule has 0 fully saturated rings. The van der Waals surface area contributed by atoms with Gasteiger partial charge >= 0.3 is 0 Å². The molecule has 2 aromatic heterocycles. The molecular formula is C14H11N5S. The second-order valence-corrected chi connectivity index (χ2v) is 5.13. The van der Waals surface area contributed by atoms with Crippen molar-refractivity contribution in [1.82, 2.24) is 9.97 Å². The molecule has 0 saturated heterocycles. The standard InChI is InChI=1S/C14H11N5S/c15-7-9-2-1-3-10(6-9)8-17-12-11-4-5-20-13(11)19-14(16)18-12/h1-6H,8H2,(H3,16,17,18,19). The SMILES string of the molecule is N#Cc1cccc(CNc2nc(N)nc3sccc23)c1. The molecule has 0 aliphatic heterocycles. The van der Waals surface area contributed by atoms with Crippen LogP contribution in [0.5, 0.6) is 0 Å². The predicted molar refractivity (Wildman–Crippen MR) is 80.3 cm³/mol. The van der Waals surface area contributed by atoms with Gasteiger partial charge in [-0.3, -0.25) is 0 Å². The third kappa shape index (κ3) is 2.39. The van der Waals surface area contributed by atoms with Crippen molar-refractivity contribution in [3.63, 3.8) is 0 Å². The summed E-state index contributed by atoms with van der Waals surface area (Å²) in [7, 11) is 0. The number of hydrogen-bond acceptors (Lipinski definition) is 6. The van der Waals surface area contributed by atoms with Crippen LogP contribution in [0.3, 0.4) is 0 Å². The molecule has 0 aliphatic carbocycles. The van der Waals surface area contributed by atoms with Crippen LogP contribution in [-0.2, 0) is 6.54 Å². The zero-order valence-corrected chi connectivity index (χ0v) is 11.3. The van der Waals surface area contributed by atoms with Gasteiger partial charge in [-0.2, -0.15) is 10.2 Å². The van der Waals surface area contributed by atoms with E-state index in [1.807, 2.05) is 29.6 Å².